The highest BCUT2D eigenvalue weighted by atomic mass is 32.2. The van der Waals surface area contributed by atoms with Gasteiger partial charge < -0.3 is 15.0 Å². The maximum Gasteiger partial charge on any atom is 0.267 e. The van der Waals surface area contributed by atoms with Gasteiger partial charge in [-0.1, -0.05) is 25.5 Å². The minimum atomic E-state index is -3.92. The molecule has 0 aliphatic heterocycles. The van der Waals surface area contributed by atoms with Gasteiger partial charge in [0.1, 0.15) is 22.2 Å². The maximum atomic E-state index is 13.7. The lowest BCUT2D eigenvalue weighted by Crippen LogP contribution is -2.23. The molecule has 4 aromatic rings. The van der Waals surface area contributed by atoms with Crippen molar-refractivity contribution in [2.75, 3.05) is 6.61 Å². The van der Waals surface area contributed by atoms with Crippen molar-refractivity contribution in [1.82, 2.24) is 15.3 Å². The van der Waals surface area contributed by atoms with Crippen LogP contribution in [0.1, 0.15) is 35.8 Å². The van der Waals surface area contributed by atoms with E-state index < -0.39 is 15.7 Å². The number of aromatic nitrogens is 2. The Morgan fingerprint density at radius 2 is 1.91 bits per heavy atom. The topological polar surface area (TPSA) is 101 Å². The van der Waals surface area contributed by atoms with Gasteiger partial charge in [0.25, 0.3) is 5.91 Å². The highest BCUT2D eigenvalue weighted by Crippen LogP contribution is 2.30. The molecule has 1 amide bonds. The number of pyridine rings is 1. The zero-order valence-corrected chi connectivity index (χ0v) is 19.4. The molecule has 0 atom stereocenters. The lowest BCUT2D eigenvalue weighted by molar-refractivity contribution is 0.0946. The molecule has 0 saturated heterocycles. The van der Waals surface area contributed by atoms with Gasteiger partial charge in [-0.3, -0.25) is 9.78 Å². The van der Waals surface area contributed by atoms with Gasteiger partial charge in [0.05, 0.1) is 11.5 Å². The van der Waals surface area contributed by atoms with Crippen LogP contribution in [0.15, 0.2) is 76.8 Å². The third-order valence-electron chi connectivity index (χ3n) is 5.30. The number of H-pyrrole nitrogens is 1. The lowest BCUT2D eigenvalue weighted by atomic mass is 10.2. The fraction of sp³-hybridized carbons (Fsp3) is 0.200. The Labute approximate surface area is 196 Å². The van der Waals surface area contributed by atoms with Crippen LogP contribution in [0.2, 0.25) is 0 Å². The van der Waals surface area contributed by atoms with Crippen LogP contribution in [0.3, 0.4) is 0 Å². The molecule has 2 N–H and O–H groups in total. The average Bonchev–Trinajstić information content (AvgIpc) is 3.27. The van der Waals surface area contributed by atoms with Gasteiger partial charge >= 0.3 is 0 Å². The molecule has 4 rings (SSSR count). The van der Waals surface area contributed by atoms with Crippen molar-refractivity contribution in [2.45, 2.75) is 36.1 Å². The fourth-order valence-corrected chi connectivity index (χ4v) is 4.81. The van der Waals surface area contributed by atoms with Crippen molar-refractivity contribution >= 4 is 26.6 Å². The second-order valence-electron chi connectivity index (χ2n) is 7.77. The standard InChI is InChI=1S/C25H24FN3O4S/c1-2-3-12-33-23-14-19(26)6-9-24(23)34(31,32)20-7-4-17(5-8-20)15-28-25(30)22-13-18-16-27-11-10-21(18)29-22/h4-11,13-14,16,29H,2-3,12,15H2,1H3,(H,28,30). The van der Waals surface area contributed by atoms with E-state index in [1.54, 1.807) is 36.7 Å². The van der Waals surface area contributed by atoms with Crippen molar-refractivity contribution in [3.8, 4) is 5.75 Å². The summed E-state index contributed by atoms with van der Waals surface area (Å²) in [5, 5.41) is 3.64. The summed E-state index contributed by atoms with van der Waals surface area (Å²) in [5.41, 5.74) is 1.95. The number of fused-ring (bicyclic) bond motifs is 1. The average molecular weight is 482 g/mol. The number of halogens is 1. The van der Waals surface area contributed by atoms with E-state index in [-0.39, 0.29) is 28.0 Å². The third-order valence-corrected chi connectivity index (χ3v) is 7.11. The number of nitrogens with one attached hydrogen (secondary N) is 2. The highest BCUT2D eigenvalue weighted by Gasteiger charge is 2.23. The van der Waals surface area contributed by atoms with Crippen LogP contribution < -0.4 is 10.1 Å². The number of unbranched alkanes of at least 4 members (excludes halogenated alkanes) is 1. The molecule has 0 bridgehead atoms. The zero-order chi connectivity index (χ0) is 24.1. The SMILES string of the molecule is CCCCOc1cc(F)ccc1S(=O)(=O)c1ccc(CNC(=O)c2cc3cnccc3[nH]2)cc1. The largest absolute Gasteiger partial charge is 0.492 e. The number of carbonyl (C=O) groups excluding carboxylic acids is 1. The lowest BCUT2D eigenvalue weighted by Gasteiger charge is -2.13. The number of nitrogens with zero attached hydrogens (tertiary/aromatic N) is 1. The van der Waals surface area contributed by atoms with Crippen molar-refractivity contribution in [3.05, 3.63) is 84.1 Å². The van der Waals surface area contributed by atoms with Gasteiger partial charge in [-0.15, -0.1) is 0 Å². The molecule has 0 saturated carbocycles. The van der Waals surface area contributed by atoms with Gasteiger partial charge in [0.15, 0.2) is 0 Å². The summed E-state index contributed by atoms with van der Waals surface area (Å²) in [4.78, 5) is 19.5. The van der Waals surface area contributed by atoms with Crippen molar-refractivity contribution in [3.63, 3.8) is 0 Å². The first-order chi connectivity index (χ1) is 16.4. The first kappa shape index (κ1) is 23.4. The van der Waals surface area contributed by atoms with Crippen LogP contribution in [-0.2, 0) is 16.4 Å². The van der Waals surface area contributed by atoms with E-state index in [0.717, 1.165) is 41.4 Å². The van der Waals surface area contributed by atoms with E-state index in [4.69, 9.17) is 4.74 Å². The Balaban J connectivity index is 1.47. The number of carbonyl (C=O) groups is 1. The molecule has 2 aromatic heterocycles. The summed E-state index contributed by atoms with van der Waals surface area (Å²) in [6, 6.07) is 13.1. The van der Waals surface area contributed by atoms with Gasteiger partial charge in [0.2, 0.25) is 9.84 Å². The monoisotopic (exact) mass is 481 g/mol. The van der Waals surface area contributed by atoms with Crippen LogP contribution in [0.25, 0.3) is 10.9 Å². The fourth-order valence-electron chi connectivity index (χ4n) is 3.43. The summed E-state index contributed by atoms with van der Waals surface area (Å²) >= 11 is 0. The van der Waals surface area contributed by atoms with Gasteiger partial charge in [-0.2, -0.15) is 0 Å². The number of benzene rings is 2. The first-order valence-corrected chi connectivity index (χ1v) is 12.3. The Kier molecular flexibility index (Phi) is 6.93. The number of amides is 1. The smallest absolute Gasteiger partial charge is 0.267 e. The molecule has 0 aliphatic rings. The number of aromatic amines is 1. The zero-order valence-electron chi connectivity index (χ0n) is 18.5. The molecule has 2 aromatic carbocycles. The number of hydrogen-bond donors (Lipinski definition) is 2. The molecule has 0 spiro atoms. The molecular weight excluding hydrogens is 457 g/mol. The summed E-state index contributed by atoms with van der Waals surface area (Å²) < 4.78 is 45.6. The van der Waals surface area contributed by atoms with Crippen molar-refractivity contribution in [1.29, 1.82) is 0 Å². The Hall–Kier alpha value is -3.72. The van der Waals surface area contributed by atoms with E-state index in [1.807, 2.05) is 6.92 Å². The predicted octanol–water partition coefficient (Wildman–Crippen LogP) is 4.64. The van der Waals surface area contributed by atoms with E-state index in [0.29, 0.717) is 12.3 Å². The predicted molar refractivity (Wildman–Crippen MR) is 126 cm³/mol. The van der Waals surface area contributed by atoms with Crippen molar-refractivity contribution < 1.29 is 22.3 Å². The molecular formula is C25H24FN3O4S. The second kappa shape index (κ2) is 10.0. The Morgan fingerprint density at radius 1 is 1.12 bits per heavy atom. The molecule has 0 radical (unpaired) electrons. The minimum Gasteiger partial charge on any atom is -0.492 e. The van der Waals surface area contributed by atoms with Crippen LogP contribution >= 0.6 is 0 Å². The van der Waals surface area contributed by atoms with E-state index in [2.05, 4.69) is 15.3 Å². The molecule has 0 unspecified atom stereocenters. The van der Waals surface area contributed by atoms with E-state index in [9.17, 15) is 17.6 Å². The minimum absolute atomic E-state index is 0.00155. The summed E-state index contributed by atoms with van der Waals surface area (Å²) in [7, 11) is -3.92. The van der Waals surface area contributed by atoms with Crippen molar-refractivity contribution in [2.24, 2.45) is 0 Å². The summed E-state index contributed by atoms with van der Waals surface area (Å²) in [6.45, 7) is 2.50. The second-order valence-corrected chi connectivity index (χ2v) is 9.69. The number of rotatable bonds is 9. The van der Waals surface area contributed by atoms with Crippen LogP contribution in [0.5, 0.6) is 5.75 Å². The molecule has 2 heterocycles. The number of ether oxygens (including phenoxy) is 1. The van der Waals surface area contributed by atoms with Crippen LogP contribution in [0, 0.1) is 5.82 Å². The quantitative estimate of drug-likeness (QED) is 0.268. The molecule has 0 aliphatic carbocycles. The highest BCUT2D eigenvalue weighted by molar-refractivity contribution is 7.91. The van der Waals surface area contributed by atoms with E-state index >= 15 is 0 Å². The molecule has 176 valence electrons. The molecule has 7 nitrogen and oxygen atoms in total. The summed E-state index contributed by atoms with van der Waals surface area (Å²) in [5.74, 6) is -0.853. The van der Waals surface area contributed by atoms with E-state index in [1.165, 1.54) is 18.2 Å². The number of sulfone groups is 1. The molecule has 0 fully saturated rings. The van der Waals surface area contributed by atoms with Gasteiger partial charge in [-0.25, -0.2) is 12.8 Å². The Morgan fingerprint density at radius 3 is 2.65 bits per heavy atom. The first-order valence-electron chi connectivity index (χ1n) is 10.9. The van der Waals surface area contributed by atoms with Gasteiger partial charge in [0, 0.05) is 35.9 Å². The van der Waals surface area contributed by atoms with Gasteiger partial charge in [-0.05, 0) is 48.4 Å². The molecule has 34 heavy (non-hydrogen) atoms. The Bertz CT molecular complexity index is 1380. The summed E-state index contributed by atoms with van der Waals surface area (Å²) in [6.07, 6.45) is 4.91. The third kappa shape index (κ3) is 5.09. The van der Waals surface area contributed by atoms with Crippen LogP contribution in [0.4, 0.5) is 4.39 Å². The van der Waals surface area contributed by atoms with Crippen LogP contribution in [-0.4, -0.2) is 30.9 Å². The molecule has 9 heteroatoms. The normalized spacial score (nSPS) is 11.5. The maximum absolute atomic E-state index is 13.7. The number of hydrogen-bond acceptors (Lipinski definition) is 5.